The van der Waals surface area contributed by atoms with Gasteiger partial charge in [0.1, 0.15) is 32.7 Å². The molecule has 3 heteroatoms. The van der Waals surface area contributed by atoms with Gasteiger partial charge in [-0.15, -0.1) is 0 Å². The first-order valence-electron chi connectivity index (χ1n) is 8.75. The first kappa shape index (κ1) is 16.7. The number of hydrogen-bond donors (Lipinski definition) is 2. The summed E-state index contributed by atoms with van der Waals surface area (Å²) in [6.45, 7) is 7.71. The van der Waals surface area contributed by atoms with Crippen LogP contribution in [-0.2, 0) is 13.0 Å². The van der Waals surface area contributed by atoms with E-state index >= 15 is 0 Å². The molecule has 0 aromatic heterocycles. The molecule has 0 aliphatic carbocycles. The van der Waals surface area contributed by atoms with Crippen molar-refractivity contribution in [2.75, 3.05) is 32.7 Å². The molecule has 23 heavy (non-hydrogen) atoms. The Labute approximate surface area is 148 Å². The van der Waals surface area contributed by atoms with Gasteiger partial charge in [-0.2, -0.15) is 0 Å². The van der Waals surface area contributed by atoms with Gasteiger partial charge >= 0.3 is 0 Å². The molecular formula is C20H27BrN2+2. The molecule has 0 bridgehead atoms. The first-order valence-corrected chi connectivity index (χ1v) is 9.54. The number of hydrogen-bond acceptors (Lipinski definition) is 0. The zero-order valence-corrected chi connectivity index (χ0v) is 15.3. The molecule has 2 nitrogen and oxygen atoms in total. The third-order valence-electron chi connectivity index (χ3n) is 4.85. The van der Waals surface area contributed by atoms with E-state index in [1.165, 1.54) is 61.2 Å². The van der Waals surface area contributed by atoms with Crippen LogP contribution in [0, 0.1) is 0 Å². The average molecular weight is 375 g/mol. The Kier molecular flexibility index (Phi) is 6.26. The van der Waals surface area contributed by atoms with Crippen molar-refractivity contribution in [3.63, 3.8) is 0 Å². The lowest BCUT2D eigenvalue weighted by molar-refractivity contribution is -1.02. The molecule has 1 fully saturated rings. The Morgan fingerprint density at radius 2 is 1.48 bits per heavy atom. The Morgan fingerprint density at radius 1 is 0.783 bits per heavy atom. The topological polar surface area (TPSA) is 8.88 Å². The maximum absolute atomic E-state index is 3.57. The van der Waals surface area contributed by atoms with Crippen molar-refractivity contribution < 1.29 is 9.80 Å². The van der Waals surface area contributed by atoms with Crippen molar-refractivity contribution in [3.05, 3.63) is 70.2 Å². The SMILES string of the molecule is Brc1cccc(C[NH+]2CC[NH+](CCCc3ccccc3)CC2)c1. The van der Waals surface area contributed by atoms with Crippen LogP contribution < -0.4 is 9.80 Å². The summed E-state index contributed by atoms with van der Waals surface area (Å²) in [6.07, 6.45) is 2.53. The van der Waals surface area contributed by atoms with Crippen molar-refractivity contribution in [2.45, 2.75) is 19.4 Å². The molecule has 0 spiro atoms. The molecule has 1 saturated heterocycles. The summed E-state index contributed by atoms with van der Waals surface area (Å²) in [5, 5.41) is 0. The molecule has 1 aliphatic heterocycles. The summed E-state index contributed by atoms with van der Waals surface area (Å²) in [6, 6.07) is 19.6. The lowest BCUT2D eigenvalue weighted by Crippen LogP contribution is -3.27. The minimum absolute atomic E-state index is 1.16. The number of piperazine rings is 1. The highest BCUT2D eigenvalue weighted by molar-refractivity contribution is 9.10. The van der Waals surface area contributed by atoms with E-state index in [0.29, 0.717) is 0 Å². The molecule has 2 aromatic rings. The maximum Gasteiger partial charge on any atom is 0.127 e. The van der Waals surface area contributed by atoms with E-state index in [9.17, 15) is 0 Å². The summed E-state index contributed by atoms with van der Waals surface area (Å²) in [5.41, 5.74) is 2.92. The lowest BCUT2D eigenvalue weighted by atomic mass is 10.1. The monoisotopic (exact) mass is 374 g/mol. The van der Waals surface area contributed by atoms with Crippen LogP contribution in [0.3, 0.4) is 0 Å². The Bertz CT molecular complexity index is 592. The van der Waals surface area contributed by atoms with E-state index in [4.69, 9.17) is 0 Å². The van der Waals surface area contributed by atoms with Crippen molar-refractivity contribution in [1.82, 2.24) is 0 Å². The number of nitrogens with one attached hydrogen (secondary N) is 2. The number of rotatable bonds is 6. The van der Waals surface area contributed by atoms with E-state index in [0.717, 1.165) is 6.54 Å². The first-order chi connectivity index (χ1) is 11.3. The zero-order valence-electron chi connectivity index (χ0n) is 13.7. The number of halogens is 1. The minimum atomic E-state index is 1.16. The van der Waals surface area contributed by atoms with Gasteiger partial charge in [-0.1, -0.05) is 58.4 Å². The van der Waals surface area contributed by atoms with Crippen molar-refractivity contribution in [3.8, 4) is 0 Å². The fraction of sp³-hybridized carbons (Fsp3) is 0.400. The van der Waals surface area contributed by atoms with E-state index in [-0.39, 0.29) is 0 Å². The van der Waals surface area contributed by atoms with E-state index in [1.54, 1.807) is 9.80 Å². The van der Waals surface area contributed by atoms with Gasteiger partial charge < -0.3 is 9.80 Å². The summed E-state index contributed by atoms with van der Waals surface area (Å²) >= 11 is 3.57. The van der Waals surface area contributed by atoms with Crippen LogP contribution in [0.25, 0.3) is 0 Å². The third-order valence-corrected chi connectivity index (χ3v) is 5.34. The van der Waals surface area contributed by atoms with Crippen LogP contribution in [0.2, 0.25) is 0 Å². The molecule has 0 unspecified atom stereocenters. The molecule has 3 rings (SSSR count). The van der Waals surface area contributed by atoms with Crippen LogP contribution >= 0.6 is 15.9 Å². The zero-order chi connectivity index (χ0) is 15.9. The normalized spacial score (nSPS) is 21.3. The summed E-state index contributed by atoms with van der Waals surface area (Å²) in [5.74, 6) is 0. The standard InChI is InChI=1S/C20H25BrN2/c21-20-10-4-8-19(16-20)17-23-14-12-22(13-15-23)11-5-9-18-6-2-1-3-7-18/h1-4,6-8,10,16H,5,9,11-15,17H2/p+2. The van der Waals surface area contributed by atoms with E-state index < -0.39 is 0 Å². The highest BCUT2D eigenvalue weighted by atomic mass is 79.9. The van der Waals surface area contributed by atoms with Crippen molar-refractivity contribution in [1.29, 1.82) is 0 Å². The van der Waals surface area contributed by atoms with E-state index in [2.05, 4.69) is 70.5 Å². The predicted molar refractivity (Wildman–Crippen MR) is 98.9 cm³/mol. The highest BCUT2D eigenvalue weighted by Crippen LogP contribution is 2.10. The number of aryl methyl sites for hydroxylation is 1. The molecule has 1 heterocycles. The van der Waals surface area contributed by atoms with Crippen molar-refractivity contribution >= 4 is 15.9 Å². The van der Waals surface area contributed by atoms with Gasteiger partial charge in [0.15, 0.2) is 0 Å². The molecule has 2 aromatic carbocycles. The van der Waals surface area contributed by atoms with Crippen LogP contribution in [0.4, 0.5) is 0 Å². The largest absolute Gasteiger partial charge is 0.326 e. The summed E-state index contributed by atoms with van der Waals surface area (Å²) in [7, 11) is 0. The van der Waals surface area contributed by atoms with Gasteiger partial charge in [0.2, 0.25) is 0 Å². The third kappa shape index (κ3) is 5.45. The molecular weight excluding hydrogens is 348 g/mol. The smallest absolute Gasteiger partial charge is 0.127 e. The van der Waals surface area contributed by atoms with Gasteiger partial charge in [-0.05, 0) is 24.1 Å². The average Bonchev–Trinajstić information content (AvgIpc) is 2.58. The molecule has 2 N–H and O–H groups in total. The molecule has 122 valence electrons. The Hall–Kier alpha value is -1.16. The van der Waals surface area contributed by atoms with Crippen LogP contribution in [0.15, 0.2) is 59.1 Å². The maximum atomic E-state index is 3.57. The van der Waals surface area contributed by atoms with Gasteiger partial charge in [0, 0.05) is 16.5 Å². The predicted octanol–water partition coefficient (Wildman–Crippen LogP) is 1.37. The van der Waals surface area contributed by atoms with Crippen LogP contribution in [0.5, 0.6) is 0 Å². The second-order valence-electron chi connectivity index (χ2n) is 6.65. The quantitative estimate of drug-likeness (QED) is 0.755. The Morgan fingerprint density at radius 3 is 2.22 bits per heavy atom. The molecule has 1 aliphatic rings. The lowest BCUT2D eigenvalue weighted by Gasteiger charge is -2.29. The number of quaternary nitrogens is 2. The molecule has 0 amide bonds. The fourth-order valence-corrected chi connectivity index (χ4v) is 3.95. The number of benzene rings is 2. The summed E-state index contributed by atoms with van der Waals surface area (Å²) in [4.78, 5) is 3.52. The van der Waals surface area contributed by atoms with E-state index in [1.807, 2.05) is 0 Å². The Balaban J connectivity index is 1.37. The molecule has 0 atom stereocenters. The van der Waals surface area contributed by atoms with Gasteiger partial charge in [0.25, 0.3) is 0 Å². The van der Waals surface area contributed by atoms with Crippen LogP contribution in [-0.4, -0.2) is 32.7 Å². The van der Waals surface area contributed by atoms with Crippen molar-refractivity contribution in [2.24, 2.45) is 0 Å². The second kappa shape index (κ2) is 8.62. The van der Waals surface area contributed by atoms with Crippen LogP contribution in [0.1, 0.15) is 17.5 Å². The summed E-state index contributed by atoms with van der Waals surface area (Å²) < 4.78 is 1.19. The second-order valence-corrected chi connectivity index (χ2v) is 7.56. The fourth-order valence-electron chi connectivity index (χ4n) is 3.51. The highest BCUT2D eigenvalue weighted by Gasteiger charge is 2.22. The van der Waals surface area contributed by atoms with Gasteiger partial charge in [0.05, 0.1) is 6.54 Å². The molecule has 0 saturated carbocycles. The molecule has 0 radical (unpaired) electrons. The minimum Gasteiger partial charge on any atom is -0.326 e. The van der Waals surface area contributed by atoms with Gasteiger partial charge in [-0.3, -0.25) is 0 Å². The van der Waals surface area contributed by atoms with Gasteiger partial charge in [-0.25, -0.2) is 0 Å².